The number of pyridine rings is 2. The Hall–Kier alpha value is -11.1. The fraction of sp³-hybridized carbons (Fsp3) is 0.480. The molecule has 5 aliphatic rings. The Morgan fingerprint density at radius 1 is 0.398 bits per heavy atom. The third-order valence-corrected chi connectivity index (χ3v) is 29.9. The predicted octanol–water partition coefficient (Wildman–Crippen LogP) is 20.9. The third kappa shape index (κ3) is 24.2. The standard InChI is InChI=1S/C22H29N5OS.C21H27N5OS.C20H27N5OS.C19H24FN5S.C16H17N5OS/c1-21(2)12-15(13-22(3,4)26-21)27(5)20-25-24-19(29-20)16-10-14-8-7-9-23-17(14)11-18(16)28-6;1-20(2)11-14(12-21(3,4)25-20)26(5)19-24-23-18(28-19)15-9-13-7-6-8-22-16(13)10-17(15)27;1-19(2)11-14(12-20(3,4)24-19)25(6)18-23-22-17(27-18)15-9-8-13(21-5)10-16(15)26-7;1-18(2)10-13(11-19(3,4)24-18)25(6)17-23-22-16(26-17)14-8-7-12(21-5)9-15(14)20;22-14-11-12(21-10-4-7-17-21)5-6-13(14)15-18-19-16(23-15)20-8-2-1-3-9-20/h7-11,15,26H,12-13H2,1-6H3;6-10,14,25,27H,11-12H2,1-5H3;8-10,14,24H,11-12H2,1-4,6-7H3;7-9,13,24H,10-11H2,1-4,6H3;4-7,10-11,22H,1-3,8-9H2. The first-order chi connectivity index (χ1) is 62.9. The SMILES string of the molecule is CN(c1nnc(-c2cc3cccnc3cc2O)s1)C1CC(C)(C)NC(C)(C)C1.COc1cc2ncccc2cc1-c1nnc(N(C)C2CC(C)(C)NC(C)(C)C2)s1.Oc1cc(-n2cccn2)ccc1-c1nnc(N2CCCCC2)s1.[C-]#[N+]c1ccc(-c2nnc(N(C)C3CC(C)(C)NC(C)(C)C3)s2)c(F)c1.[C-]#[N+]c1ccc(-c2nnc(N(C)C3CC(C)(C)NC(C)(C)C3)s2)c(OC)c1. The molecule has 8 aromatic heterocycles. The molecule has 5 aromatic carbocycles. The molecule has 5 fully saturated rings. The highest BCUT2D eigenvalue weighted by atomic mass is 32.1. The van der Waals surface area contributed by atoms with Crippen molar-refractivity contribution < 1.29 is 24.1 Å². The fourth-order valence-corrected chi connectivity index (χ4v) is 24.4. The van der Waals surface area contributed by atoms with Gasteiger partial charge in [0.05, 0.1) is 66.3 Å². The van der Waals surface area contributed by atoms with Gasteiger partial charge in [-0.15, -0.1) is 51.0 Å². The summed E-state index contributed by atoms with van der Waals surface area (Å²) in [6, 6.07) is 34.2. The number of rotatable bonds is 17. The largest absolute Gasteiger partial charge is 0.507 e. The van der Waals surface area contributed by atoms with Gasteiger partial charge in [-0.1, -0.05) is 93.1 Å². The number of nitrogens with zero attached hydrogens (tertiary/aromatic N) is 21. The van der Waals surface area contributed by atoms with Gasteiger partial charge in [0.15, 0.2) is 36.4 Å². The first kappa shape index (κ1) is 97.9. The van der Waals surface area contributed by atoms with E-state index in [9.17, 15) is 14.6 Å². The van der Waals surface area contributed by atoms with Gasteiger partial charge in [-0.25, -0.2) is 18.8 Å². The summed E-state index contributed by atoms with van der Waals surface area (Å²) in [6.45, 7) is 52.2. The second kappa shape index (κ2) is 39.8. The van der Waals surface area contributed by atoms with Crippen molar-refractivity contribution >= 4 is 116 Å². The highest BCUT2D eigenvalue weighted by Crippen LogP contribution is 2.46. The van der Waals surface area contributed by atoms with Gasteiger partial charge in [-0.3, -0.25) is 9.97 Å². The summed E-state index contributed by atoms with van der Waals surface area (Å²) in [5, 5.41) is 93.7. The average Bonchev–Trinajstić information content (AvgIpc) is 1.66. The van der Waals surface area contributed by atoms with Crippen molar-refractivity contribution in [3.8, 4) is 81.5 Å². The number of fused-ring (bicyclic) bond motifs is 2. The summed E-state index contributed by atoms with van der Waals surface area (Å²) in [6.07, 6.45) is 19.1. The Kier molecular flexibility index (Phi) is 29.3. The maximum absolute atomic E-state index is 14.3. The Labute approximate surface area is 800 Å². The minimum Gasteiger partial charge on any atom is -0.507 e. The second-order valence-electron chi connectivity index (χ2n) is 40.5. The summed E-state index contributed by atoms with van der Waals surface area (Å²) in [5.74, 6) is 1.36. The van der Waals surface area contributed by atoms with Crippen molar-refractivity contribution in [2.45, 2.75) is 250 Å². The molecule has 0 radical (unpaired) electrons. The zero-order valence-corrected chi connectivity index (χ0v) is 84.3. The maximum atomic E-state index is 14.3. The number of ether oxygens (including phenoxy) is 2. The molecule has 0 atom stereocenters. The Balaban J connectivity index is 0.000000134. The van der Waals surface area contributed by atoms with E-state index >= 15 is 0 Å². The number of hydrogen-bond acceptors (Lipinski definition) is 31. The van der Waals surface area contributed by atoms with Crippen molar-refractivity contribution in [1.82, 2.24) is 92.0 Å². The normalized spacial score (nSPS) is 18.2. The lowest BCUT2D eigenvalue weighted by molar-refractivity contribution is 0.160. The molecule has 0 saturated carbocycles. The molecule has 29 nitrogen and oxygen atoms in total. The summed E-state index contributed by atoms with van der Waals surface area (Å²) in [4.78, 5) is 26.7. The van der Waals surface area contributed by atoms with Gasteiger partial charge in [-0.05, 0) is 236 Å². The van der Waals surface area contributed by atoms with Crippen LogP contribution in [0.1, 0.15) is 181 Å². The molecule has 5 aliphatic heterocycles. The van der Waals surface area contributed by atoms with Gasteiger partial charge < -0.3 is 65.5 Å². The van der Waals surface area contributed by atoms with Crippen molar-refractivity contribution in [2.75, 3.05) is 80.0 Å². The summed E-state index contributed by atoms with van der Waals surface area (Å²) in [5.41, 5.74) is 7.49. The minimum atomic E-state index is -0.437. The number of piperidine rings is 5. The smallest absolute Gasteiger partial charge is 0.208 e. The molecule has 0 aliphatic carbocycles. The number of phenolic OH excluding ortho intramolecular Hbond substituents is 2. The lowest BCUT2D eigenvalue weighted by Gasteiger charge is -2.48. The number of anilines is 5. The van der Waals surface area contributed by atoms with Crippen LogP contribution >= 0.6 is 56.7 Å². The lowest BCUT2D eigenvalue weighted by atomic mass is 9.79. The molecule has 6 N–H and O–H groups in total. The summed E-state index contributed by atoms with van der Waals surface area (Å²) in [7, 11) is 11.7. The average molecular weight is 1900 g/mol. The van der Waals surface area contributed by atoms with E-state index in [1.54, 1.807) is 96.6 Å². The van der Waals surface area contributed by atoms with E-state index in [1.165, 1.54) is 59.3 Å². The molecule has 18 rings (SSSR count). The van der Waals surface area contributed by atoms with Gasteiger partial charge in [0.1, 0.15) is 28.8 Å². The zero-order valence-electron chi connectivity index (χ0n) is 80.2. The van der Waals surface area contributed by atoms with Crippen molar-refractivity contribution in [3.05, 3.63) is 163 Å². The number of aromatic nitrogens is 14. The zero-order chi connectivity index (χ0) is 95.5. The monoisotopic (exact) mass is 1890 g/mol. The second-order valence-corrected chi connectivity index (χ2v) is 45.3. The molecular formula is C98H124FN25O4S5. The van der Waals surface area contributed by atoms with Crippen molar-refractivity contribution in [2.24, 2.45) is 0 Å². The highest BCUT2D eigenvalue weighted by Gasteiger charge is 2.45. The summed E-state index contributed by atoms with van der Waals surface area (Å²) >= 11 is 7.59. The van der Waals surface area contributed by atoms with Crippen LogP contribution in [0.3, 0.4) is 0 Å². The topological polar surface area (TPSA) is 304 Å². The molecule has 13 aromatic rings. The van der Waals surface area contributed by atoms with Crippen LogP contribution < -0.4 is 55.2 Å². The molecule has 0 spiro atoms. The molecule has 13 heterocycles. The van der Waals surface area contributed by atoms with Gasteiger partial charge in [0.2, 0.25) is 25.7 Å². The van der Waals surface area contributed by atoms with Crippen LogP contribution in [0.5, 0.6) is 23.0 Å². The van der Waals surface area contributed by atoms with E-state index in [0.717, 1.165) is 155 Å². The Morgan fingerprint density at radius 2 is 0.767 bits per heavy atom. The van der Waals surface area contributed by atoms with Crippen LogP contribution in [0.25, 0.3) is 90.0 Å². The van der Waals surface area contributed by atoms with E-state index in [2.05, 4.69) is 266 Å². The number of hydrogen-bond donors (Lipinski definition) is 6. The van der Waals surface area contributed by atoms with Crippen LogP contribution in [0, 0.1) is 19.0 Å². The maximum Gasteiger partial charge on any atom is 0.208 e. The van der Waals surface area contributed by atoms with E-state index in [4.69, 9.17) is 22.6 Å². The number of phenols is 2. The molecule has 702 valence electrons. The minimum absolute atomic E-state index is 0.0376. The molecule has 133 heavy (non-hydrogen) atoms. The number of aromatic hydroxyl groups is 2. The molecule has 0 bridgehead atoms. The number of benzene rings is 5. The Bertz CT molecular complexity index is 6230. The lowest BCUT2D eigenvalue weighted by Crippen LogP contribution is -2.61. The van der Waals surface area contributed by atoms with E-state index in [1.807, 2.05) is 67.8 Å². The predicted molar refractivity (Wildman–Crippen MR) is 540 cm³/mol. The van der Waals surface area contributed by atoms with E-state index < -0.39 is 5.82 Å². The third-order valence-electron chi connectivity index (χ3n) is 24.7. The van der Waals surface area contributed by atoms with Crippen LogP contribution in [-0.2, 0) is 0 Å². The van der Waals surface area contributed by atoms with E-state index in [0.29, 0.717) is 57.3 Å². The van der Waals surface area contributed by atoms with Gasteiger partial charge in [-0.2, -0.15) is 5.10 Å². The Morgan fingerprint density at radius 3 is 1.18 bits per heavy atom. The van der Waals surface area contributed by atoms with Crippen LogP contribution in [-0.4, -0.2) is 205 Å². The number of nitrogens with one attached hydrogen (secondary N) is 4. The highest BCUT2D eigenvalue weighted by molar-refractivity contribution is 7.20. The van der Waals surface area contributed by atoms with Gasteiger partial charge >= 0.3 is 0 Å². The number of methoxy groups -OCH3 is 2. The number of halogens is 1. The quantitative estimate of drug-likeness (QED) is 0.0462. The van der Waals surface area contributed by atoms with E-state index in [-0.39, 0.29) is 61.5 Å². The van der Waals surface area contributed by atoms with Crippen LogP contribution in [0.2, 0.25) is 0 Å². The van der Waals surface area contributed by atoms with Crippen LogP contribution in [0.4, 0.5) is 41.4 Å². The van der Waals surface area contributed by atoms with Crippen LogP contribution in [0.15, 0.2) is 134 Å². The first-order valence-electron chi connectivity index (χ1n) is 45.0. The first-order valence-corrected chi connectivity index (χ1v) is 49.0. The van der Waals surface area contributed by atoms with Gasteiger partial charge in [0, 0.05) is 169 Å². The van der Waals surface area contributed by atoms with Gasteiger partial charge in [0.25, 0.3) is 0 Å². The fourth-order valence-electron chi connectivity index (χ4n) is 19.9. The molecule has 0 amide bonds. The molecular weight excluding hydrogens is 1770 g/mol. The molecule has 0 unspecified atom stereocenters. The van der Waals surface area contributed by atoms with Crippen molar-refractivity contribution in [3.63, 3.8) is 0 Å². The van der Waals surface area contributed by atoms with Crippen molar-refractivity contribution in [1.29, 1.82) is 0 Å². The summed E-state index contributed by atoms with van der Waals surface area (Å²) < 4.78 is 27.1. The molecule has 5 saturated heterocycles. The molecule has 35 heteroatoms.